The molecular formula is C19H27NO4. The monoisotopic (exact) mass is 333 g/mol. The van der Waals surface area contributed by atoms with Crippen LogP contribution in [0.2, 0.25) is 0 Å². The number of aliphatic carboxylic acids is 1. The van der Waals surface area contributed by atoms with E-state index in [1.807, 2.05) is 12.1 Å². The van der Waals surface area contributed by atoms with E-state index < -0.39 is 12.1 Å². The minimum absolute atomic E-state index is 0.109. The SMILES string of the molecule is CC(OC1CCCCCC1)C(=O)Nc1ccc(CCC(=O)O)cc1. The fourth-order valence-corrected chi connectivity index (χ4v) is 2.98. The summed E-state index contributed by atoms with van der Waals surface area (Å²) >= 11 is 0. The molecule has 1 aromatic rings. The molecule has 1 amide bonds. The number of carbonyl (C=O) groups excluding carboxylic acids is 1. The Morgan fingerprint density at radius 2 is 1.79 bits per heavy atom. The first-order valence-corrected chi connectivity index (χ1v) is 8.81. The standard InChI is InChI=1S/C19H27NO4/c1-14(24-17-6-4-2-3-5-7-17)19(23)20-16-11-8-15(9-12-16)10-13-18(21)22/h8-9,11-12,14,17H,2-7,10,13H2,1H3,(H,20,23)(H,21,22). The van der Waals surface area contributed by atoms with Gasteiger partial charge in [0.2, 0.25) is 0 Å². The smallest absolute Gasteiger partial charge is 0.303 e. The van der Waals surface area contributed by atoms with Crippen LogP contribution in [0.5, 0.6) is 0 Å². The van der Waals surface area contributed by atoms with Crippen molar-refractivity contribution in [1.82, 2.24) is 0 Å². The molecule has 0 spiro atoms. The van der Waals surface area contributed by atoms with E-state index in [4.69, 9.17) is 9.84 Å². The third-order valence-electron chi connectivity index (χ3n) is 4.42. The average molecular weight is 333 g/mol. The Kier molecular flexibility index (Phi) is 7.25. The summed E-state index contributed by atoms with van der Waals surface area (Å²) in [4.78, 5) is 22.8. The average Bonchev–Trinajstić information content (AvgIpc) is 2.82. The van der Waals surface area contributed by atoms with Crippen molar-refractivity contribution in [3.8, 4) is 0 Å². The molecule has 1 unspecified atom stereocenters. The number of benzene rings is 1. The summed E-state index contributed by atoms with van der Waals surface area (Å²) < 4.78 is 5.92. The number of hydrogen-bond donors (Lipinski definition) is 2. The molecule has 0 saturated heterocycles. The van der Waals surface area contributed by atoms with Crippen molar-refractivity contribution in [2.45, 2.75) is 70.5 Å². The Labute approximate surface area is 143 Å². The van der Waals surface area contributed by atoms with Crippen LogP contribution >= 0.6 is 0 Å². The summed E-state index contributed by atoms with van der Waals surface area (Å²) in [6.07, 6.45) is 7.26. The van der Waals surface area contributed by atoms with Crippen LogP contribution in [0.25, 0.3) is 0 Å². The van der Waals surface area contributed by atoms with Gasteiger partial charge in [-0.2, -0.15) is 0 Å². The molecule has 0 aromatic heterocycles. The first-order chi connectivity index (χ1) is 11.5. The first kappa shape index (κ1) is 18.5. The Morgan fingerprint density at radius 1 is 1.17 bits per heavy atom. The van der Waals surface area contributed by atoms with E-state index in [0.717, 1.165) is 18.4 Å². The Bertz CT molecular complexity index is 533. The number of carboxylic acid groups (broad SMARTS) is 1. The maximum absolute atomic E-state index is 12.3. The zero-order valence-electron chi connectivity index (χ0n) is 14.3. The van der Waals surface area contributed by atoms with E-state index in [0.29, 0.717) is 12.1 Å². The van der Waals surface area contributed by atoms with Gasteiger partial charge in [0.1, 0.15) is 6.10 Å². The lowest BCUT2D eigenvalue weighted by Crippen LogP contribution is -2.31. The highest BCUT2D eigenvalue weighted by Crippen LogP contribution is 2.21. The van der Waals surface area contributed by atoms with Gasteiger partial charge in [-0.05, 0) is 43.9 Å². The Balaban J connectivity index is 1.80. The van der Waals surface area contributed by atoms with Crippen molar-refractivity contribution in [3.05, 3.63) is 29.8 Å². The molecule has 0 aliphatic heterocycles. The molecule has 0 radical (unpaired) electrons. The van der Waals surface area contributed by atoms with Gasteiger partial charge in [0, 0.05) is 12.1 Å². The molecule has 5 heteroatoms. The molecule has 5 nitrogen and oxygen atoms in total. The van der Waals surface area contributed by atoms with Crippen LogP contribution < -0.4 is 5.32 Å². The van der Waals surface area contributed by atoms with Crippen LogP contribution in [0.1, 0.15) is 57.4 Å². The normalized spacial score (nSPS) is 17.0. The van der Waals surface area contributed by atoms with E-state index in [9.17, 15) is 9.59 Å². The number of rotatable bonds is 7. The maximum atomic E-state index is 12.3. The topological polar surface area (TPSA) is 75.6 Å². The van der Waals surface area contributed by atoms with Gasteiger partial charge in [0.15, 0.2) is 0 Å². The Morgan fingerprint density at radius 3 is 2.38 bits per heavy atom. The maximum Gasteiger partial charge on any atom is 0.303 e. The largest absolute Gasteiger partial charge is 0.481 e. The molecule has 2 rings (SSSR count). The van der Waals surface area contributed by atoms with Crippen molar-refractivity contribution in [2.24, 2.45) is 0 Å². The fourth-order valence-electron chi connectivity index (χ4n) is 2.98. The van der Waals surface area contributed by atoms with Crippen LogP contribution in [0, 0.1) is 0 Å². The number of carbonyl (C=O) groups is 2. The minimum atomic E-state index is -0.808. The molecule has 0 bridgehead atoms. The molecule has 132 valence electrons. The predicted octanol–water partition coefficient (Wildman–Crippen LogP) is 3.77. The van der Waals surface area contributed by atoms with E-state index >= 15 is 0 Å². The van der Waals surface area contributed by atoms with Gasteiger partial charge < -0.3 is 15.2 Å². The molecule has 1 atom stereocenters. The summed E-state index contributed by atoms with van der Waals surface area (Å²) in [6.45, 7) is 1.79. The second-order valence-electron chi connectivity index (χ2n) is 6.47. The van der Waals surface area contributed by atoms with Crippen LogP contribution in [-0.2, 0) is 20.7 Å². The molecule has 0 heterocycles. The van der Waals surface area contributed by atoms with Crippen molar-refractivity contribution in [2.75, 3.05) is 5.32 Å². The van der Waals surface area contributed by atoms with Gasteiger partial charge in [0.25, 0.3) is 5.91 Å². The van der Waals surface area contributed by atoms with Gasteiger partial charge in [-0.3, -0.25) is 9.59 Å². The van der Waals surface area contributed by atoms with E-state index in [1.54, 1.807) is 19.1 Å². The number of amides is 1. The summed E-state index contributed by atoms with van der Waals surface area (Å²) in [5.41, 5.74) is 1.65. The number of carboxylic acids is 1. The third-order valence-corrected chi connectivity index (χ3v) is 4.42. The van der Waals surface area contributed by atoms with Gasteiger partial charge in [-0.25, -0.2) is 0 Å². The second-order valence-corrected chi connectivity index (χ2v) is 6.47. The van der Waals surface area contributed by atoms with Crippen molar-refractivity contribution in [3.63, 3.8) is 0 Å². The van der Waals surface area contributed by atoms with E-state index in [1.165, 1.54) is 25.7 Å². The molecule has 1 fully saturated rings. The highest BCUT2D eigenvalue weighted by atomic mass is 16.5. The number of nitrogens with one attached hydrogen (secondary N) is 1. The molecule has 1 aromatic carbocycles. The zero-order valence-corrected chi connectivity index (χ0v) is 14.3. The van der Waals surface area contributed by atoms with Gasteiger partial charge in [-0.1, -0.05) is 37.8 Å². The number of hydrogen-bond acceptors (Lipinski definition) is 3. The molecule has 2 N–H and O–H groups in total. The molecule has 24 heavy (non-hydrogen) atoms. The lowest BCUT2D eigenvalue weighted by atomic mass is 10.1. The van der Waals surface area contributed by atoms with Crippen LogP contribution in [0.3, 0.4) is 0 Å². The van der Waals surface area contributed by atoms with Gasteiger partial charge >= 0.3 is 5.97 Å². The molecule has 1 saturated carbocycles. The highest BCUT2D eigenvalue weighted by Gasteiger charge is 2.20. The van der Waals surface area contributed by atoms with Crippen LogP contribution in [0.4, 0.5) is 5.69 Å². The molecular weight excluding hydrogens is 306 g/mol. The van der Waals surface area contributed by atoms with E-state index in [-0.39, 0.29) is 18.4 Å². The van der Waals surface area contributed by atoms with Crippen molar-refractivity contribution >= 4 is 17.6 Å². The zero-order chi connectivity index (χ0) is 17.4. The minimum Gasteiger partial charge on any atom is -0.481 e. The first-order valence-electron chi connectivity index (χ1n) is 8.81. The summed E-state index contributed by atoms with van der Waals surface area (Å²) in [5, 5.41) is 11.5. The number of anilines is 1. The lowest BCUT2D eigenvalue weighted by Gasteiger charge is -2.20. The molecule has 1 aliphatic rings. The molecule has 1 aliphatic carbocycles. The lowest BCUT2D eigenvalue weighted by molar-refractivity contribution is -0.137. The number of aryl methyl sites for hydroxylation is 1. The quantitative estimate of drug-likeness (QED) is 0.745. The summed E-state index contributed by atoms with van der Waals surface area (Å²) in [6, 6.07) is 7.28. The Hall–Kier alpha value is -1.88. The fraction of sp³-hybridized carbons (Fsp3) is 0.579. The summed E-state index contributed by atoms with van der Waals surface area (Å²) in [5.74, 6) is -0.950. The highest BCUT2D eigenvalue weighted by molar-refractivity contribution is 5.93. The summed E-state index contributed by atoms with van der Waals surface area (Å²) in [7, 11) is 0. The van der Waals surface area contributed by atoms with Crippen LogP contribution in [-0.4, -0.2) is 29.2 Å². The number of ether oxygens (including phenoxy) is 1. The van der Waals surface area contributed by atoms with Crippen molar-refractivity contribution in [1.29, 1.82) is 0 Å². The van der Waals surface area contributed by atoms with Crippen LogP contribution in [0.15, 0.2) is 24.3 Å². The van der Waals surface area contributed by atoms with Crippen molar-refractivity contribution < 1.29 is 19.4 Å². The van der Waals surface area contributed by atoms with E-state index in [2.05, 4.69) is 5.32 Å². The third kappa shape index (κ3) is 6.32. The van der Waals surface area contributed by atoms with Gasteiger partial charge in [-0.15, -0.1) is 0 Å². The van der Waals surface area contributed by atoms with Gasteiger partial charge in [0.05, 0.1) is 6.10 Å². The predicted molar refractivity (Wildman–Crippen MR) is 93.1 cm³/mol. The second kappa shape index (κ2) is 9.42.